The number of aromatic nitrogens is 1. The molecule has 1 amide bonds. The number of nitrogens with one attached hydrogen (secondary N) is 1. The van der Waals surface area contributed by atoms with E-state index in [1.54, 1.807) is 20.1 Å². The summed E-state index contributed by atoms with van der Waals surface area (Å²) in [6.07, 6.45) is 1.50. The maximum absolute atomic E-state index is 11.9. The van der Waals surface area contributed by atoms with Gasteiger partial charge in [0.05, 0.1) is 19.0 Å². The van der Waals surface area contributed by atoms with E-state index in [2.05, 4.69) is 10.3 Å². The van der Waals surface area contributed by atoms with Crippen LogP contribution >= 0.6 is 0 Å². The average molecular weight is 246 g/mol. The number of nitrogens with zero attached hydrogens (tertiary/aromatic N) is 1. The summed E-state index contributed by atoms with van der Waals surface area (Å²) in [5.41, 5.74) is 1.62. The predicted octanol–water partition coefficient (Wildman–Crippen LogP) is 2.55. The van der Waals surface area contributed by atoms with Gasteiger partial charge in [0.25, 0.3) is 5.89 Å². The van der Waals surface area contributed by atoms with E-state index in [9.17, 15) is 4.79 Å². The van der Waals surface area contributed by atoms with Crippen molar-refractivity contribution in [3.63, 3.8) is 0 Å². The van der Waals surface area contributed by atoms with Gasteiger partial charge in [-0.3, -0.25) is 4.79 Å². The van der Waals surface area contributed by atoms with Crippen LogP contribution in [0.3, 0.4) is 0 Å². The van der Waals surface area contributed by atoms with Gasteiger partial charge in [0.2, 0.25) is 0 Å². The topological polar surface area (TPSA) is 64.4 Å². The Labute approximate surface area is 105 Å². The van der Waals surface area contributed by atoms with E-state index < -0.39 is 5.91 Å². The van der Waals surface area contributed by atoms with Crippen LogP contribution in [0.25, 0.3) is 0 Å². The summed E-state index contributed by atoms with van der Waals surface area (Å²) in [5.74, 6) is 0.830. The van der Waals surface area contributed by atoms with E-state index in [0.717, 1.165) is 5.56 Å². The summed E-state index contributed by atoms with van der Waals surface area (Å²) >= 11 is 0. The largest absolute Gasteiger partial charge is 0.495 e. The molecule has 0 saturated carbocycles. The van der Waals surface area contributed by atoms with Gasteiger partial charge in [0.15, 0.2) is 0 Å². The monoisotopic (exact) mass is 246 g/mol. The van der Waals surface area contributed by atoms with Crippen molar-refractivity contribution in [3.05, 3.63) is 41.6 Å². The lowest BCUT2D eigenvalue weighted by molar-refractivity contribution is 0.0988. The summed E-state index contributed by atoms with van der Waals surface area (Å²) in [7, 11) is 1.55. The van der Waals surface area contributed by atoms with Crippen molar-refractivity contribution in [3.8, 4) is 5.75 Å². The molecule has 0 fully saturated rings. The van der Waals surface area contributed by atoms with Crippen LogP contribution in [0.1, 0.15) is 22.0 Å². The van der Waals surface area contributed by atoms with Gasteiger partial charge in [-0.05, 0) is 31.5 Å². The first-order chi connectivity index (χ1) is 8.60. The Kier molecular flexibility index (Phi) is 3.32. The zero-order valence-electron chi connectivity index (χ0n) is 10.5. The molecule has 2 rings (SSSR count). The van der Waals surface area contributed by atoms with Crippen LogP contribution in [0.15, 0.2) is 28.8 Å². The van der Waals surface area contributed by atoms with Crippen molar-refractivity contribution < 1.29 is 13.9 Å². The third kappa shape index (κ3) is 2.51. The number of benzene rings is 1. The minimum absolute atomic E-state index is 0.0380. The third-order valence-electron chi connectivity index (χ3n) is 2.42. The van der Waals surface area contributed by atoms with E-state index in [-0.39, 0.29) is 5.89 Å². The maximum Gasteiger partial charge on any atom is 0.311 e. The molecule has 0 aliphatic carbocycles. The minimum Gasteiger partial charge on any atom is -0.495 e. The highest BCUT2D eigenvalue weighted by molar-refractivity contribution is 6.01. The van der Waals surface area contributed by atoms with E-state index in [1.165, 1.54) is 6.20 Å². The molecule has 0 spiro atoms. The molecule has 1 aromatic carbocycles. The maximum atomic E-state index is 11.9. The zero-order valence-corrected chi connectivity index (χ0v) is 10.5. The number of ether oxygens (including phenoxy) is 1. The quantitative estimate of drug-likeness (QED) is 0.903. The number of carbonyl (C=O) groups is 1. The van der Waals surface area contributed by atoms with Crippen molar-refractivity contribution in [2.75, 3.05) is 12.4 Å². The van der Waals surface area contributed by atoms with E-state index >= 15 is 0 Å². The smallest absolute Gasteiger partial charge is 0.311 e. The number of carbonyl (C=O) groups excluding carboxylic acids is 1. The van der Waals surface area contributed by atoms with Gasteiger partial charge >= 0.3 is 5.91 Å². The van der Waals surface area contributed by atoms with Crippen molar-refractivity contribution in [2.45, 2.75) is 13.8 Å². The summed E-state index contributed by atoms with van der Waals surface area (Å²) in [4.78, 5) is 15.8. The molecule has 0 radical (unpaired) electrons. The molecule has 1 heterocycles. The standard InChI is InChI=1S/C13H14N2O3/c1-8-4-5-11(17-3)10(6-8)15-12(16)13-14-7-9(2)18-13/h4-7H,1-3H3,(H,15,16). The van der Waals surface area contributed by atoms with Crippen LogP contribution < -0.4 is 10.1 Å². The number of amides is 1. The Bertz CT molecular complexity index is 575. The van der Waals surface area contributed by atoms with Gasteiger partial charge in [0.1, 0.15) is 11.5 Å². The fraction of sp³-hybridized carbons (Fsp3) is 0.231. The van der Waals surface area contributed by atoms with Gasteiger partial charge in [0, 0.05) is 0 Å². The lowest BCUT2D eigenvalue weighted by Crippen LogP contribution is -2.13. The van der Waals surface area contributed by atoms with Crippen molar-refractivity contribution >= 4 is 11.6 Å². The fourth-order valence-corrected chi connectivity index (χ4v) is 1.55. The first-order valence-corrected chi connectivity index (χ1v) is 5.48. The van der Waals surface area contributed by atoms with Gasteiger partial charge in [-0.25, -0.2) is 4.98 Å². The summed E-state index contributed by atoms with van der Waals surface area (Å²) in [5, 5.41) is 2.71. The number of anilines is 1. The van der Waals surface area contributed by atoms with Crippen molar-refractivity contribution in [1.82, 2.24) is 4.98 Å². The third-order valence-corrected chi connectivity index (χ3v) is 2.42. The summed E-state index contributed by atoms with van der Waals surface area (Å²) in [6, 6.07) is 5.53. The first-order valence-electron chi connectivity index (χ1n) is 5.48. The lowest BCUT2D eigenvalue weighted by atomic mass is 10.2. The molecule has 5 heteroatoms. The molecule has 0 aliphatic heterocycles. The Morgan fingerprint density at radius 3 is 2.78 bits per heavy atom. The highest BCUT2D eigenvalue weighted by Gasteiger charge is 2.14. The average Bonchev–Trinajstić information content (AvgIpc) is 2.76. The molecule has 0 saturated heterocycles. The number of hydrogen-bond acceptors (Lipinski definition) is 4. The number of rotatable bonds is 3. The minimum atomic E-state index is -0.396. The first kappa shape index (κ1) is 12.2. The molecule has 1 N–H and O–H groups in total. The van der Waals surface area contributed by atoms with Crippen LogP contribution in [-0.4, -0.2) is 18.0 Å². The molecule has 18 heavy (non-hydrogen) atoms. The Hall–Kier alpha value is -2.30. The fourth-order valence-electron chi connectivity index (χ4n) is 1.55. The molecule has 1 aromatic heterocycles. The van der Waals surface area contributed by atoms with Gasteiger partial charge in [-0.2, -0.15) is 0 Å². The van der Waals surface area contributed by atoms with Crippen LogP contribution in [0.2, 0.25) is 0 Å². The van der Waals surface area contributed by atoms with Crippen LogP contribution in [0.5, 0.6) is 5.75 Å². The summed E-state index contributed by atoms with van der Waals surface area (Å²) in [6.45, 7) is 3.67. The van der Waals surface area contributed by atoms with Crippen molar-refractivity contribution in [2.24, 2.45) is 0 Å². The lowest BCUT2D eigenvalue weighted by Gasteiger charge is -2.09. The van der Waals surface area contributed by atoms with Crippen LogP contribution in [-0.2, 0) is 0 Å². The SMILES string of the molecule is COc1ccc(C)cc1NC(=O)c1ncc(C)o1. The second-order valence-corrected chi connectivity index (χ2v) is 3.93. The van der Waals surface area contributed by atoms with E-state index in [4.69, 9.17) is 9.15 Å². The highest BCUT2D eigenvalue weighted by atomic mass is 16.5. The molecular weight excluding hydrogens is 232 g/mol. The number of hydrogen-bond donors (Lipinski definition) is 1. The van der Waals surface area contributed by atoms with E-state index in [1.807, 2.05) is 19.1 Å². The molecule has 5 nitrogen and oxygen atoms in total. The van der Waals surface area contributed by atoms with Gasteiger partial charge in [-0.15, -0.1) is 0 Å². The Balaban J connectivity index is 2.23. The van der Waals surface area contributed by atoms with Gasteiger partial charge in [-0.1, -0.05) is 6.07 Å². The Morgan fingerprint density at radius 2 is 2.17 bits per heavy atom. The molecule has 94 valence electrons. The molecule has 2 aromatic rings. The second kappa shape index (κ2) is 4.91. The number of methoxy groups -OCH3 is 1. The molecule has 0 aliphatic rings. The molecule has 0 atom stereocenters. The molecule has 0 unspecified atom stereocenters. The molecule has 0 bridgehead atoms. The Morgan fingerprint density at radius 1 is 1.39 bits per heavy atom. The zero-order chi connectivity index (χ0) is 13.1. The number of aryl methyl sites for hydroxylation is 2. The summed E-state index contributed by atoms with van der Waals surface area (Å²) < 4.78 is 10.3. The van der Waals surface area contributed by atoms with Crippen LogP contribution in [0, 0.1) is 13.8 Å². The van der Waals surface area contributed by atoms with Crippen LogP contribution in [0.4, 0.5) is 5.69 Å². The molecular formula is C13H14N2O3. The number of oxazole rings is 1. The van der Waals surface area contributed by atoms with Gasteiger partial charge < -0.3 is 14.5 Å². The second-order valence-electron chi connectivity index (χ2n) is 3.93. The predicted molar refractivity (Wildman–Crippen MR) is 66.9 cm³/mol. The highest BCUT2D eigenvalue weighted by Crippen LogP contribution is 2.25. The van der Waals surface area contributed by atoms with Crippen molar-refractivity contribution in [1.29, 1.82) is 0 Å². The normalized spacial score (nSPS) is 10.2. The van der Waals surface area contributed by atoms with E-state index in [0.29, 0.717) is 17.2 Å².